The third kappa shape index (κ3) is 5.05. The summed E-state index contributed by atoms with van der Waals surface area (Å²) in [7, 11) is -3.93. The fourth-order valence-electron chi connectivity index (χ4n) is 2.43. The van der Waals surface area contributed by atoms with Crippen molar-refractivity contribution < 1.29 is 22.9 Å². The Balaban J connectivity index is 2.11. The molecule has 2 aromatic carbocycles. The lowest BCUT2D eigenvalue weighted by Gasteiger charge is -2.15. The van der Waals surface area contributed by atoms with Crippen LogP contribution in [0, 0.1) is 17.0 Å². The van der Waals surface area contributed by atoms with Gasteiger partial charge in [-0.05, 0) is 51.1 Å². The summed E-state index contributed by atoms with van der Waals surface area (Å²) in [6, 6.07) is 8.97. The Morgan fingerprint density at radius 1 is 1.21 bits per heavy atom. The molecule has 10 heteroatoms. The number of nitrogens with zero attached hydrogens (tertiary/aromatic N) is 1. The Morgan fingerprint density at radius 2 is 1.86 bits per heavy atom. The van der Waals surface area contributed by atoms with Crippen LogP contribution in [-0.2, 0) is 14.8 Å². The summed E-state index contributed by atoms with van der Waals surface area (Å²) in [6.07, 6.45) is 0. The number of sulfonamides is 1. The van der Waals surface area contributed by atoms with Gasteiger partial charge in [0, 0.05) is 6.07 Å². The van der Waals surface area contributed by atoms with Gasteiger partial charge in [0.2, 0.25) is 15.9 Å². The largest absolute Gasteiger partial charge is 0.494 e. The number of nitrogens with one attached hydrogen (secondary N) is 2. The van der Waals surface area contributed by atoms with Gasteiger partial charge in [-0.2, -0.15) is 4.72 Å². The van der Waals surface area contributed by atoms with Crippen molar-refractivity contribution in [3.05, 3.63) is 58.1 Å². The second-order valence-corrected chi connectivity index (χ2v) is 7.66. The standard InChI is InChI=1S/C18H21N3O6S/c1-4-27-14-8-10-15(11-9-14)28(25,26)20-13(3)18(22)19-16-6-5-7-17(12(16)2)21(23)24/h5-11,13,20H,4H2,1-3H3,(H,19,22)/t13-/m1/s1. The molecule has 0 aromatic heterocycles. The minimum atomic E-state index is -3.93. The van der Waals surface area contributed by atoms with E-state index in [4.69, 9.17) is 4.74 Å². The van der Waals surface area contributed by atoms with E-state index < -0.39 is 26.9 Å². The van der Waals surface area contributed by atoms with Crippen molar-refractivity contribution in [2.75, 3.05) is 11.9 Å². The fraction of sp³-hybridized carbons (Fsp3) is 0.278. The number of ether oxygens (including phenoxy) is 1. The van der Waals surface area contributed by atoms with Crippen LogP contribution >= 0.6 is 0 Å². The van der Waals surface area contributed by atoms with Gasteiger partial charge >= 0.3 is 0 Å². The Hall–Kier alpha value is -2.98. The number of nitro groups is 1. The molecule has 0 unspecified atom stereocenters. The number of benzene rings is 2. The number of amides is 1. The molecule has 9 nitrogen and oxygen atoms in total. The van der Waals surface area contributed by atoms with Crippen molar-refractivity contribution in [3.8, 4) is 5.75 Å². The average molecular weight is 407 g/mol. The van der Waals surface area contributed by atoms with Crippen molar-refractivity contribution in [3.63, 3.8) is 0 Å². The van der Waals surface area contributed by atoms with Gasteiger partial charge in [0.1, 0.15) is 5.75 Å². The first-order valence-electron chi connectivity index (χ1n) is 8.45. The van der Waals surface area contributed by atoms with E-state index in [1.165, 1.54) is 56.3 Å². The Bertz CT molecular complexity index is 973. The van der Waals surface area contributed by atoms with Crippen LogP contribution in [0.25, 0.3) is 0 Å². The first-order valence-corrected chi connectivity index (χ1v) is 9.94. The monoisotopic (exact) mass is 407 g/mol. The van der Waals surface area contributed by atoms with E-state index in [-0.39, 0.29) is 21.8 Å². The lowest BCUT2D eigenvalue weighted by molar-refractivity contribution is -0.385. The van der Waals surface area contributed by atoms with E-state index in [2.05, 4.69) is 10.0 Å². The normalized spacial score (nSPS) is 12.2. The maximum Gasteiger partial charge on any atom is 0.274 e. The molecule has 28 heavy (non-hydrogen) atoms. The topological polar surface area (TPSA) is 128 Å². The van der Waals surface area contributed by atoms with Gasteiger partial charge in [-0.3, -0.25) is 14.9 Å². The van der Waals surface area contributed by atoms with Crippen molar-refractivity contribution >= 4 is 27.3 Å². The summed E-state index contributed by atoms with van der Waals surface area (Å²) >= 11 is 0. The molecule has 0 radical (unpaired) electrons. The molecule has 2 aromatic rings. The molecule has 1 amide bonds. The number of carbonyl (C=O) groups excluding carboxylic acids is 1. The molecular formula is C18H21N3O6S. The summed E-state index contributed by atoms with van der Waals surface area (Å²) < 4.78 is 32.5. The molecule has 0 aliphatic rings. The van der Waals surface area contributed by atoms with Crippen LogP contribution in [0.1, 0.15) is 19.4 Å². The van der Waals surface area contributed by atoms with Crippen LogP contribution < -0.4 is 14.8 Å². The van der Waals surface area contributed by atoms with Crippen molar-refractivity contribution in [2.24, 2.45) is 0 Å². The summed E-state index contributed by atoms with van der Waals surface area (Å²) in [4.78, 5) is 22.8. The van der Waals surface area contributed by atoms with E-state index >= 15 is 0 Å². The van der Waals surface area contributed by atoms with Gasteiger partial charge in [-0.1, -0.05) is 6.07 Å². The minimum Gasteiger partial charge on any atom is -0.494 e. The molecule has 0 aliphatic carbocycles. The zero-order valence-electron chi connectivity index (χ0n) is 15.6. The molecule has 2 rings (SSSR count). The van der Waals surface area contributed by atoms with Crippen LogP contribution in [0.5, 0.6) is 5.75 Å². The lowest BCUT2D eigenvalue weighted by Crippen LogP contribution is -2.41. The predicted molar refractivity (Wildman–Crippen MR) is 104 cm³/mol. The first kappa shape index (κ1) is 21.3. The maximum absolute atomic E-state index is 12.5. The van der Waals surface area contributed by atoms with Crippen LogP contribution in [0.4, 0.5) is 11.4 Å². The van der Waals surface area contributed by atoms with Gasteiger partial charge in [0.15, 0.2) is 0 Å². The molecule has 150 valence electrons. The van der Waals surface area contributed by atoms with Gasteiger partial charge < -0.3 is 10.1 Å². The van der Waals surface area contributed by atoms with Crippen molar-refractivity contribution in [1.82, 2.24) is 4.72 Å². The number of nitro benzene ring substituents is 1. The van der Waals surface area contributed by atoms with E-state index in [1.54, 1.807) is 0 Å². The Labute approximate surface area is 162 Å². The maximum atomic E-state index is 12.5. The molecule has 0 heterocycles. The zero-order valence-corrected chi connectivity index (χ0v) is 16.4. The quantitative estimate of drug-likeness (QED) is 0.511. The van der Waals surface area contributed by atoms with E-state index in [0.717, 1.165) is 0 Å². The summed E-state index contributed by atoms with van der Waals surface area (Å²) in [5.74, 6) is -0.105. The van der Waals surface area contributed by atoms with Crippen LogP contribution in [-0.4, -0.2) is 31.9 Å². The SMILES string of the molecule is CCOc1ccc(S(=O)(=O)N[C@H](C)C(=O)Nc2cccc([N+](=O)[O-])c2C)cc1. The molecule has 0 fully saturated rings. The van der Waals surface area contributed by atoms with Crippen LogP contribution in [0.15, 0.2) is 47.4 Å². The van der Waals surface area contributed by atoms with E-state index in [0.29, 0.717) is 12.4 Å². The summed E-state index contributed by atoms with van der Waals surface area (Å²) in [6.45, 7) is 5.16. The molecule has 0 aliphatic heterocycles. The highest BCUT2D eigenvalue weighted by Crippen LogP contribution is 2.25. The number of rotatable bonds is 8. The molecule has 2 N–H and O–H groups in total. The zero-order chi connectivity index (χ0) is 20.9. The second-order valence-electron chi connectivity index (χ2n) is 5.94. The van der Waals surface area contributed by atoms with Gasteiger partial charge in [0.05, 0.1) is 33.7 Å². The van der Waals surface area contributed by atoms with Crippen LogP contribution in [0.3, 0.4) is 0 Å². The third-order valence-electron chi connectivity index (χ3n) is 3.93. The van der Waals surface area contributed by atoms with Crippen molar-refractivity contribution in [2.45, 2.75) is 31.7 Å². The highest BCUT2D eigenvalue weighted by Gasteiger charge is 2.23. The molecular weight excluding hydrogens is 386 g/mol. The Morgan fingerprint density at radius 3 is 2.43 bits per heavy atom. The van der Waals surface area contributed by atoms with E-state index in [1.807, 2.05) is 6.92 Å². The van der Waals surface area contributed by atoms with Crippen LogP contribution in [0.2, 0.25) is 0 Å². The number of hydrogen-bond acceptors (Lipinski definition) is 6. The van der Waals surface area contributed by atoms with Gasteiger partial charge in [-0.25, -0.2) is 8.42 Å². The number of hydrogen-bond donors (Lipinski definition) is 2. The van der Waals surface area contributed by atoms with Crippen molar-refractivity contribution in [1.29, 1.82) is 0 Å². The second kappa shape index (κ2) is 8.81. The Kier molecular flexibility index (Phi) is 6.71. The molecule has 0 saturated heterocycles. The summed E-state index contributed by atoms with van der Waals surface area (Å²) in [5.41, 5.74) is 0.383. The number of anilines is 1. The first-order chi connectivity index (χ1) is 13.2. The van der Waals surface area contributed by atoms with E-state index in [9.17, 15) is 23.3 Å². The third-order valence-corrected chi connectivity index (χ3v) is 5.49. The minimum absolute atomic E-state index is 0.0119. The van der Waals surface area contributed by atoms with Gasteiger partial charge in [-0.15, -0.1) is 0 Å². The lowest BCUT2D eigenvalue weighted by atomic mass is 10.1. The molecule has 0 spiro atoms. The average Bonchev–Trinajstić information content (AvgIpc) is 2.63. The molecule has 0 bridgehead atoms. The predicted octanol–water partition coefficient (Wildman–Crippen LogP) is 2.61. The molecule has 1 atom stereocenters. The van der Waals surface area contributed by atoms with Gasteiger partial charge in [0.25, 0.3) is 5.69 Å². The fourth-order valence-corrected chi connectivity index (χ4v) is 3.64. The smallest absolute Gasteiger partial charge is 0.274 e. The highest BCUT2D eigenvalue weighted by atomic mass is 32.2. The molecule has 0 saturated carbocycles. The summed E-state index contributed by atoms with van der Waals surface area (Å²) in [5, 5.41) is 13.5. The highest BCUT2D eigenvalue weighted by molar-refractivity contribution is 7.89. The number of carbonyl (C=O) groups is 1.